The fourth-order valence-corrected chi connectivity index (χ4v) is 3.02. The largest absolute Gasteiger partial charge is 0.506 e. The standard InChI is InChI=1S/C17H20ClN3O2/c1-10(2)16-19-14-5-6-21(9-12(14)17(23)20-16)8-11-3-4-15(22)13(18)7-11/h3-4,7,10,22H,5-6,8-9H2,1-2H3,(H,19,20,23). The Labute approximate surface area is 139 Å². The van der Waals surface area contributed by atoms with Crippen molar-refractivity contribution in [3.63, 3.8) is 0 Å². The first-order chi connectivity index (χ1) is 10.9. The van der Waals surface area contributed by atoms with E-state index in [2.05, 4.69) is 14.9 Å². The third-order valence-corrected chi connectivity index (χ3v) is 4.43. The summed E-state index contributed by atoms with van der Waals surface area (Å²) in [6, 6.07) is 5.21. The van der Waals surface area contributed by atoms with E-state index in [4.69, 9.17) is 11.6 Å². The summed E-state index contributed by atoms with van der Waals surface area (Å²) in [5.41, 5.74) is 2.65. The molecule has 0 aliphatic carbocycles. The molecule has 6 heteroatoms. The van der Waals surface area contributed by atoms with Crippen LogP contribution in [-0.2, 0) is 19.5 Å². The van der Waals surface area contributed by atoms with Gasteiger partial charge in [-0.3, -0.25) is 9.69 Å². The van der Waals surface area contributed by atoms with E-state index in [-0.39, 0.29) is 17.2 Å². The Morgan fingerprint density at radius 1 is 1.43 bits per heavy atom. The fraction of sp³-hybridized carbons (Fsp3) is 0.412. The number of hydrogen-bond donors (Lipinski definition) is 2. The van der Waals surface area contributed by atoms with Gasteiger partial charge in [-0.05, 0) is 17.7 Å². The van der Waals surface area contributed by atoms with Crippen molar-refractivity contribution < 1.29 is 5.11 Å². The first-order valence-electron chi connectivity index (χ1n) is 7.75. The second-order valence-corrected chi connectivity index (χ2v) is 6.68. The van der Waals surface area contributed by atoms with Gasteiger partial charge in [-0.15, -0.1) is 0 Å². The van der Waals surface area contributed by atoms with E-state index in [9.17, 15) is 9.90 Å². The van der Waals surface area contributed by atoms with Crippen LogP contribution in [0.2, 0.25) is 5.02 Å². The zero-order valence-electron chi connectivity index (χ0n) is 13.3. The average molecular weight is 334 g/mol. The first-order valence-corrected chi connectivity index (χ1v) is 8.13. The molecule has 1 aliphatic rings. The SMILES string of the molecule is CC(C)c1nc2c(c(=O)[nH]1)CN(Cc1ccc(O)c(Cl)c1)CC2. The second-order valence-electron chi connectivity index (χ2n) is 6.28. The van der Waals surface area contributed by atoms with Gasteiger partial charge in [-0.2, -0.15) is 0 Å². The molecule has 3 rings (SSSR count). The van der Waals surface area contributed by atoms with Crippen molar-refractivity contribution in [1.29, 1.82) is 0 Å². The van der Waals surface area contributed by atoms with Crippen LogP contribution in [0.5, 0.6) is 5.75 Å². The van der Waals surface area contributed by atoms with Gasteiger partial charge in [0.15, 0.2) is 0 Å². The molecule has 23 heavy (non-hydrogen) atoms. The van der Waals surface area contributed by atoms with E-state index in [0.717, 1.165) is 35.6 Å². The molecular weight excluding hydrogens is 314 g/mol. The number of rotatable bonds is 3. The van der Waals surface area contributed by atoms with Crippen LogP contribution in [-0.4, -0.2) is 26.5 Å². The molecule has 0 atom stereocenters. The Hall–Kier alpha value is -1.85. The number of aromatic hydroxyl groups is 1. The van der Waals surface area contributed by atoms with E-state index in [1.165, 1.54) is 0 Å². The highest BCUT2D eigenvalue weighted by atomic mass is 35.5. The Morgan fingerprint density at radius 2 is 2.22 bits per heavy atom. The minimum absolute atomic E-state index is 0.0351. The number of nitrogens with zero attached hydrogens (tertiary/aromatic N) is 2. The number of benzene rings is 1. The molecule has 0 bridgehead atoms. The second kappa shape index (κ2) is 6.34. The maximum atomic E-state index is 12.3. The molecule has 2 aromatic rings. The third-order valence-electron chi connectivity index (χ3n) is 4.13. The highest BCUT2D eigenvalue weighted by molar-refractivity contribution is 6.32. The number of phenols is 1. The lowest BCUT2D eigenvalue weighted by atomic mass is 10.0. The smallest absolute Gasteiger partial charge is 0.255 e. The molecule has 0 amide bonds. The van der Waals surface area contributed by atoms with Gasteiger partial charge >= 0.3 is 0 Å². The fourth-order valence-electron chi connectivity index (χ4n) is 2.82. The van der Waals surface area contributed by atoms with E-state index in [1.807, 2.05) is 19.9 Å². The number of phenolic OH excluding ortho intramolecular Hbond substituents is 1. The number of fused-ring (bicyclic) bond motifs is 1. The number of aromatic nitrogens is 2. The maximum absolute atomic E-state index is 12.3. The molecule has 2 heterocycles. The number of halogens is 1. The Balaban J connectivity index is 1.80. The lowest BCUT2D eigenvalue weighted by molar-refractivity contribution is 0.241. The van der Waals surface area contributed by atoms with Gasteiger partial charge in [0.05, 0.1) is 16.3 Å². The molecule has 2 N–H and O–H groups in total. The van der Waals surface area contributed by atoms with Crippen molar-refractivity contribution in [1.82, 2.24) is 14.9 Å². The van der Waals surface area contributed by atoms with E-state index in [1.54, 1.807) is 12.1 Å². The predicted molar refractivity (Wildman–Crippen MR) is 89.9 cm³/mol. The first kappa shape index (κ1) is 16.0. The zero-order chi connectivity index (χ0) is 16.6. The van der Waals surface area contributed by atoms with Crippen molar-refractivity contribution >= 4 is 11.6 Å². The topological polar surface area (TPSA) is 69.2 Å². The summed E-state index contributed by atoms with van der Waals surface area (Å²) in [5.74, 6) is 1.05. The minimum Gasteiger partial charge on any atom is -0.506 e. The summed E-state index contributed by atoms with van der Waals surface area (Å²) >= 11 is 5.95. The van der Waals surface area contributed by atoms with Crippen LogP contribution in [0, 0.1) is 0 Å². The molecule has 0 saturated carbocycles. The molecule has 0 saturated heterocycles. The van der Waals surface area contributed by atoms with Crippen LogP contribution < -0.4 is 5.56 Å². The number of nitrogens with one attached hydrogen (secondary N) is 1. The number of hydrogen-bond acceptors (Lipinski definition) is 4. The summed E-state index contributed by atoms with van der Waals surface area (Å²) in [6.07, 6.45) is 0.769. The Bertz CT molecular complexity index is 786. The van der Waals surface area contributed by atoms with Crippen molar-refractivity contribution in [3.05, 3.63) is 56.2 Å². The van der Waals surface area contributed by atoms with Crippen molar-refractivity contribution in [2.45, 2.75) is 39.3 Å². The highest BCUT2D eigenvalue weighted by Crippen LogP contribution is 2.25. The molecule has 0 spiro atoms. The third kappa shape index (κ3) is 3.41. The van der Waals surface area contributed by atoms with Crippen LogP contribution >= 0.6 is 11.6 Å². The molecule has 1 aliphatic heterocycles. The molecule has 122 valence electrons. The predicted octanol–water partition coefficient (Wildman–Crippen LogP) is 2.81. The number of H-pyrrole nitrogens is 1. The minimum atomic E-state index is -0.0351. The van der Waals surface area contributed by atoms with Gasteiger partial charge in [-0.1, -0.05) is 31.5 Å². The molecular formula is C17H20ClN3O2. The Morgan fingerprint density at radius 3 is 2.91 bits per heavy atom. The van der Waals surface area contributed by atoms with Gasteiger partial charge in [0, 0.05) is 32.0 Å². The molecule has 1 aromatic carbocycles. The van der Waals surface area contributed by atoms with Crippen molar-refractivity contribution in [3.8, 4) is 5.75 Å². The molecule has 1 aromatic heterocycles. The maximum Gasteiger partial charge on any atom is 0.255 e. The zero-order valence-corrected chi connectivity index (χ0v) is 14.0. The van der Waals surface area contributed by atoms with Gasteiger partial charge in [0.1, 0.15) is 11.6 Å². The monoisotopic (exact) mass is 333 g/mol. The Kier molecular flexibility index (Phi) is 4.41. The lowest BCUT2D eigenvalue weighted by Gasteiger charge is -2.28. The highest BCUT2D eigenvalue weighted by Gasteiger charge is 2.22. The average Bonchev–Trinajstić information content (AvgIpc) is 2.51. The molecule has 5 nitrogen and oxygen atoms in total. The number of aromatic amines is 1. The normalized spacial score (nSPS) is 15.0. The lowest BCUT2D eigenvalue weighted by Crippen LogP contribution is -2.35. The van der Waals surface area contributed by atoms with Gasteiger partial charge < -0.3 is 10.1 Å². The molecule has 0 radical (unpaired) electrons. The van der Waals surface area contributed by atoms with E-state index >= 15 is 0 Å². The van der Waals surface area contributed by atoms with Gasteiger partial charge in [0.25, 0.3) is 5.56 Å². The van der Waals surface area contributed by atoms with Gasteiger partial charge in [0.2, 0.25) is 0 Å². The molecule has 0 fully saturated rings. The van der Waals surface area contributed by atoms with Crippen LogP contribution in [0.4, 0.5) is 0 Å². The van der Waals surface area contributed by atoms with Crippen molar-refractivity contribution in [2.24, 2.45) is 0 Å². The van der Waals surface area contributed by atoms with Gasteiger partial charge in [-0.25, -0.2) is 4.98 Å². The van der Waals surface area contributed by atoms with Crippen LogP contribution in [0.1, 0.15) is 42.4 Å². The molecule has 0 unspecified atom stereocenters. The van der Waals surface area contributed by atoms with E-state index in [0.29, 0.717) is 18.1 Å². The summed E-state index contributed by atoms with van der Waals surface area (Å²) in [5, 5.41) is 9.84. The van der Waals surface area contributed by atoms with E-state index < -0.39 is 0 Å². The van der Waals surface area contributed by atoms with Crippen molar-refractivity contribution in [2.75, 3.05) is 6.54 Å². The summed E-state index contributed by atoms with van der Waals surface area (Å²) in [4.78, 5) is 22.0. The van der Waals surface area contributed by atoms with Crippen LogP contribution in [0.3, 0.4) is 0 Å². The quantitative estimate of drug-likeness (QED) is 0.906. The van der Waals surface area contributed by atoms with Crippen LogP contribution in [0.15, 0.2) is 23.0 Å². The van der Waals surface area contributed by atoms with Crippen LogP contribution in [0.25, 0.3) is 0 Å². The summed E-state index contributed by atoms with van der Waals surface area (Å²) < 4.78 is 0. The summed E-state index contributed by atoms with van der Waals surface area (Å²) in [7, 11) is 0. The summed E-state index contributed by atoms with van der Waals surface area (Å²) in [6.45, 7) is 6.15.